The van der Waals surface area contributed by atoms with Crippen LogP contribution in [0.2, 0.25) is 0 Å². The Morgan fingerprint density at radius 3 is 1.79 bits per heavy atom. The van der Waals surface area contributed by atoms with Gasteiger partial charge in [0.2, 0.25) is 0 Å². The molecule has 0 amide bonds. The summed E-state index contributed by atoms with van der Waals surface area (Å²) in [6.45, 7) is 12.2. The SMILES string of the molecule is CC(C)(C)C1C=C(F)C(C(C)(C)C)O1. The van der Waals surface area contributed by atoms with E-state index in [1.54, 1.807) is 6.08 Å². The zero-order chi connectivity index (χ0) is 11.1. The number of rotatable bonds is 0. The monoisotopic (exact) mass is 200 g/mol. The third-order valence-corrected chi connectivity index (χ3v) is 2.48. The Bertz CT molecular complexity index is 242. The number of hydrogen-bond acceptors (Lipinski definition) is 1. The lowest BCUT2D eigenvalue weighted by atomic mass is 9.88. The first-order valence-corrected chi connectivity index (χ1v) is 5.15. The highest BCUT2D eigenvalue weighted by Gasteiger charge is 2.40. The second-order valence-electron chi connectivity index (χ2n) is 6.22. The van der Waals surface area contributed by atoms with Gasteiger partial charge in [-0.15, -0.1) is 0 Å². The molecule has 0 aliphatic carbocycles. The molecule has 0 spiro atoms. The van der Waals surface area contributed by atoms with E-state index >= 15 is 0 Å². The predicted molar refractivity (Wildman–Crippen MR) is 56.8 cm³/mol. The van der Waals surface area contributed by atoms with Gasteiger partial charge in [-0.1, -0.05) is 41.5 Å². The maximum absolute atomic E-state index is 13.6. The van der Waals surface area contributed by atoms with Crippen molar-refractivity contribution in [3.05, 3.63) is 11.9 Å². The molecule has 14 heavy (non-hydrogen) atoms. The molecule has 0 saturated carbocycles. The summed E-state index contributed by atoms with van der Waals surface area (Å²) in [6.07, 6.45) is 1.13. The van der Waals surface area contributed by atoms with Gasteiger partial charge in [0.25, 0.3) is 0 Å². The fraction of sp³-hybridized carbons (Fsp3) is 0.833. The van der Waals surface area contributed by atoms with Crippen molar-refractivity contribution in [2.24, 2.45) is 10.8 Å². The van der Waals surface area contributed by atoms with Crippen molar-refractivity contribution >= 4 is 0 Å². The van der Waals surface area contributed by atoms with E-state index < -0.39 is 0 Å². The number of hydrogen-bond donors (Lipinski definition) is 0. The molecule has 0 aromatic carbocycles. The quantitative estimate of drug-likeness (QED) is 0.579. The van der Waals surface area contributed by atoms with Crippen LogP contribution in [0.15, 0.2) is 11.9 Å². The van der Waals surface area contributed by atoms with Crippen LogP contribution < -0.4 is 0 Å². The molecule has 0 N–H and O–H groups in total. The summed E-state index contributed by atoms with van der Waals surface area (Å²) in [6, 6.07) is 0. The number of halogens is 1. The molecule has 0 bridgehead atoms. The van der Waals surface area contributed by atoms with Gasteiger partial charge in [0.1, 0.15) is 11.9 Å². The first-order valence-electron chi connectivity index (χ1n) is 5.15. The second-order valence-corrected chi connectivity index (χ2v) is 6.22. The molecule has 1 rings (SSSR count). The minimum Gasteiger partial charge on any atom is -0.363 e. The summed E-state index contributed by atoms with van der Waals surface area (Å²) in [7, 11) is 0. The summed E-state index contributed by atoms with van der Waals surface area (Å²) < 4.78 is 19.3. The molecule has 1 nitrogen and oxygen atoms in total. The van der Waals surface area contributed by atoms with E-state index in [9.17, 15) is 4.39 Å². The minimum absolute atomic E-state index is 0.0304. The lowest BCUT2D eigenvalue weighted by Gasteiger charge is -2.31. The van der Waals surface area contributed by atoms with Crippen LogP contribution in [0.25, 0.3) is 0 Å². The van der Waals surface area contributed by atoms with Crippen LogP contribution in [0.1, 0.15) is 41.5 Å². The van der Waals surface area contributed by atoms with Crippen molar-refractivity contribution in [2.45, 2.75) is 53.8 Å². The van der Waals surface area contributed by atoms with Crippen molar-refractivity contribution in [2.75, 3.05) is 0 Å². The molecular weight excluding hydrogens is 179 g/mol. The topological polar surface area (TPSA) is 9.23 Å². The maximum Gasteiger partial charge on any atom is 0.128 e. The summed E-state index contributed by atoms with van der Waals surface area (Å²) in [4.78, 5) is 0. The molecule has 0 fully saturated rings. The van der Waals surface area contributed by atoms with E-state index in [1.807, 2.05) is 20.8 Å². The van der Waals surface area contributed by atoms with Gasteiger partial charge in [0, 0.05) is 0 Å². The standard InChI is InChI=1S/C12H21FO/c1-11(2,3)9-7-8(13)10(14-9)12(4,5)6/h7,9-10H,1-6H3. The maximum atomic E-state index is 13.6. The smallest absolute Gasteiger partial charge is 0.128 e. The van der Waals surface area contributed by atoms with E-state index in [2.05, 4.69) is 20.8 Å². The van der Waals surface area contributed by atoms with Crippen LogP contribution in [-0.2, 0) is 4.74 Å². The predicted octanol–water partition coefficient (Wildman–Crippen LogP) is 3.70. The molecule has 1 aliphatic rings. The van der Waals surface area contributed by atoms with E-state index in [0.29, 0.717) is 0 Å². The Morgan fingerprint density at radius 1 is 1.07 bits per heavy atom. The van der Waals surface area contributed by atoms with Crippen molar-refractivity contribution in [3.8, 4) is 0 Å². The Morgan fingerprint density at radius 2 is 1.57 bits per heavy atom. The van der Waals surface area contributed by atoms with Gasteiger partial charge in [-0.2, -0.15) is 0 Å². The number of ether oxygens (including phenoxy) is 1. The van der Waals surface area contributed by atoms with Crippen LogP contribution >= 0.6 is 0 Å². The van der Waals surface area contributed by atoms with Gasteiger partial charge in [-0.25, -0.2) is 4.39 Å². The van der Waals surface area contributed by atoms with Gasteiger partial charge in [-0.3, -0.25) is 0 Å². The Hall–Kier alpha value is -0.370. The molecule has 2 atom stereocenters. The van der Waals surface area contributed by atoms with Gasteiger partial charge in [0.15, 0.2) is 0 Å². The third kappa shape index (κ3) is 2.35. The fourth-order valence-corrected chi connectivity index (χ4v) is 1.55. The average molecular weight is 200 g/mol. The van der Waals surface area contributed by atoms with Gasteiger partial charge >= 0.3 is 0 Å². The van der Waals surface area contributed by atoms with Crippen LogP contribution in [0.3, 0.4) is 0 Å². The Labute approximate surface area is 86.3 Å². The second kappa shape index (κ2) is 3.34. The summed E-state index contributed by atoms with van der Waals surface area (Å²) >= 11 is 0. The minimum atomic E-state index is -0.383. The molecule has 82 valence electrons. The van der Waals surface area contributed by atoms with Crippen molar-refractivity contribution in [3.63, 3.8) is 0 Å². The van der Waals surface area contributed by atoms with Gasteiger partial charge in [-0.05, 0) is 16.9 Å². The normalized spacial score (nSPS) is 29.2. The summed E-state index contributed by atoms with van der Waals surface area (Å²) in [5.41, 5.74) is -0.197. The fourth-order valence-electron chi connectivity index (χ4n) is 1.55. The highest BCUT2D eigenvalue weighted by molar-refractivity contribution is 5.14. The molecule has 1 aliphatic heterocycles. The zero-order valence-corrected chi connectivity index (χ0v) is 10.0. The van der Waals surface area contributed by atoms with Gasteiger partial charge in [0.05, 0.1) is 6.10 Å². The third-order valence-electron chi connectivity index (χ3n) is 2.48. The van der Waals surface area contributed by atoms with E-state index in [0.717, 1.165) is 0 Å². The van der Waals surface area contributed by atoms with Crippen LogP contribution in [-0.4, -0.2) is 12.2 Å². The lowest BCUT2D eigenvalue weighted by Crippen LogP contribution is -2.33. The molecular formula is C12H21FO. The summed E-state index contributed by atoms with van der Waals surface area (Å²) in [5.74, 6) is -0.113. The van der Waals surface area contributed by atoms with Crippen molar-refractivity contribution in [1.29, 1.82) is 0 Å². The first-order chi connectivity index (χ1) is 6.12. The van der Waals surface area contributed by atoms with Crippen LogP contribution in [0, 0.1) is 10.8 Å². The van der Waals surface area contributed by atoms with E-state index in [-0.39, 0.29) is 28.9 Å². The largest absolute Gasteiger partial charge is 0.363 e. The molecule has 0 aromatic heterocycles. The van der Waals surface area contributed by atoms with Crippen molar-refractivity contribution in [1.82, 2.24) is 0 Å². The molecule has 0 radical (unpaired) electrons. The molecule has 1 heterocycles. The van der Waals surface area contributed by atoms with Crippen molar-refractivity contribution < 1.29 is 9.13 Å². The van der Waals surface area contributed by atoms with E-state index in [1.165, 1.54) is 0 Å². The Balaban J connectivity index is 2.80. The van der Waals surface area contributed by atoms with Gasteiger partial charge < -0.3 is 4.74 Å². The highest BCUT2D eigenvalue weighted by Crippen LogP contribution is 2.39. The van der Waals surface area contributed by atoms with Crippen LogP contribution in [0.5, 0.6) is 0 Å². The highest BCUT2D eigenvalue weighted by atomic mass is 19.1. The first kappa shape index (κ1) is 11.7. The zero-order valence-electron chi connectivity index (χ0n) is 10.0. The molecule has 0 saturated heterocycles. The van der Waals surface area contributed by atoms with E-state index in [4.69, 9.17) is 4.74 Å². The lowest BCUT2D eigenvalue weighted by molar-refractivity contribution is -0.0527. The summed E-state index contributed by atoms with van der Waals surface area (Å²) in [5, 5.41) is 0. The Kier molecular flexibility index (Phi) is 2.79. The molecule has 2 heteroatoms. The molecule has 0 aromatic rings. The molecule has 2 unspecified atom stereocenters. The van der Waals surface area contributed by atoms with Crippen LogP contribution in [0.4, 0.5) is 4.39 Å². The average Bonchev–Trinajstić information content (AvgIpc) is 2.27.